The van der Waals surface area contributed by atoms with Crippen molar-refractivity contribution in [2.24, 2.45) is 0 Å². The summed E-state index contributed by atoms with van der Waals surface area (Å²) in [5.74, 6) is -0.0622. The summed E-state index contributed by atoms with van der Waals surface area (Å²) in [6.07, 6.45) is 0. The predicted octanol–water partition coefficient (Wildman–Crippen LogP) is 4.84. The standard InChI is InChI=1S/C13H6Cl3NO2S/c14-9-2-1-3-11(8(9)5-17)19-6-10(18)7-4-12(15)20-13(7)16/h1-4H,6H2. The zero-order valence-corrected chi connectivity index (χ0v) is 12.9. The number of thiophene rings is 1. The topological polar surface area (TPSA) is 50.1 Å². The average Bonchev–Trinajstić information content (AvgIpc) is 2.75. The molecule has 3 nitrogen and oxygen atoms in total. The average molecular weight is 347 g/mol. The van der Waals surface area contributed by atoms with Gasteiger partial charge in [-0.05, 0) is 18.2 Å². The van der Waals surface area contributed by atoms with Crippen LogP contribution in [0, 0.1) is 11.3 Å². The summed E-state index contributed by atoms with van der Waals surface area (Å²) in [4.78, 5) is 12.0. The normalized spacial score (nSPS) is 10.1. The van der Waals surface area contributed by atoms with Crippen LogP contribution in [0.2, 0.25) is 13.7 Å². The van der Waals surface area contributed by atoms with Crippen LogP contribution in [0.4, 0.5) is 0 Å². The first kappa shape index (κ1) is 15.1. The molecule has 1 heterocycles. The van der Waals surface area contributed by atoms with E-state index in [-0.39, 0.29) is 28.7 Å². The molecule has 2 aromatic rings. The van der Waals surface area contributed by atoms with Gasteiger partial charge in [-0.3, -0.25) is 4.79 Å². The molecule has 0 bridgehead atoms. The van der Waals surface area contributed by atoms with Gasteiger partial charge in [0, 0.05) is 0 Å². The van der Waals surface area contributed by atoms with Crippen LogP contribution in [0.1, 0.15) is 15.9 Å². The third kappa shape index (κ3) is 3.25. The van der Waals surface area contributed by atoms with Gasteiger partial charge >= 0.3 is 0 Å². The van der Waals surface area contributed by atoms with E-state index < -0.39 is 0 Å². The number of Topliss-reactive ketones (excluding diaryl/α,β-unsaturated/α-hetero) is 1. The Morgan fingerprint density at radius 3 is 2.70 bits per heavy atom. The Bertz CT molecular complexity index is 706. The summed E-state index contributed by atoms with van der Waals surface area (Å²) in [5.41, 5.74) is 0.499. The number of benzene rings is 1. The second-order valence-electron chi connectivity index (χ2n) is 3.67. The van der Waals surface area contributed by atoms with E-state index in [1.54, 1.807) is 18.2 Å². The molecule has 0 saturated heterocycles. The van der Waals surface area contributed by atoms with Crippen LogP contribution in [0.15, 0.2) is 24.3 Å². The Balaban J connectivity index is 2.14. The van der Waals surface area contributed by atoms with E-state index in [0.717, 1.165) is 11.3 Å². The molecule has 0 atom stereocenters. The SMILES string of the molecule is N#Cc1c(Cl)cccc1OCC(=O)c1cc(Cl)sc1Cl. The maximum atomic E-state index is 12.0. The monoisotopic (exact) mass is 345 g/mol. The lowest BCUT2D eigenvalue weighted by Crippen LogP contribution is -2.11. The molecule has 0 fully saturated rings. The number of nitrogens with zero attached hydrogens (tertiary/aromatic N) is 1. The maximum absolute atomic E-state index is 12.0. The highest BCUT2D eigenvalue weighted by Crippen LogP contribution is 2.32. The Labute approximate surface area is 134 Å². The molecule has 0 amide bonds. The van der Waals surface area contributed by atoms with Crippen molar-refractivity contribution in [2.75, 3.05) is 6.61 Å². The summed E-state index contributed by atoms with van der Waals surface area (Å²) in [6, 6.07) is 8.20. The van der Waals surface area contributed by atoms with Gasteiger partial charge < -0.3 is 4.74 Å². The zero-order chi connectivity index (χ0) is 14.7. The van der Waals surface area contributed by atoms with Gasteiger partial charge in [-0.2, -0.15) is 5.26 Å². The number of rotatable bonds is 4. The minimum absolute atomic E-state index is 0.191. The molecule has 102 valence electrons. The Kier molecular flexibility index (Phi) is 4.90. The summed E-state index contributed by atoms with van der Waals surface area (Å²) < 4.78 is 6.08. The van der Waals surface area contributed by atoms with Gasteiger partial charge in [0.05, 0.1) is 14.9 Å². The van der Waals surface area contributed by atoms with Gasteiger partial charge in [0.15, 0.2) is 6.61 Å². The van der Waals surface area contributed by atoms with Crippen molar-refractivity contribution >= 4 is 51.9 Å². The van der Waals surface area contributed by atoms with Gasteiger partial charge in [-0.25, -0.2) is 0 Å². The molecule has 0 unspecified atom stereocenters. The molecule has 1 aromatic heterocycles. The number of ether oxygens (including phenoxy) is 1. The van der Waals surface area contributed by atoms with Crippen LogP contribution in [0.25, 0.3) is 0 Å². The number of hydrogen-bond donors (Lipinski definition) is 0. The summed E-state index contributed by atoms with van der Waals surface area (Å²) in [6.45, 7) is -0.248. The van der Waals surface area contributed by atoms with E-state index in [2.05, 4.69) is 0 Å². The fourth-order valence-electron chi connectivity index (χ4n) is 1.48. The molecule has 0 spiro atoms. The van der Waals surface area contributed by atoms with E-state index in [9.17, 15) is 4.79 Å². The molecular weight excluding hydrogens is 341 g/mol. The van der Waals surface area contributed by atoms with Crippen molar-refractivity contribution in [3.63, 3.8) is 0 Å². The first-order valence-corrected chi connectivity index (χ1v) is 7.27. The van der Waals surface area contributed by atoms with Crippen LogP contribution >= 0.6 is 46.1 Å². The Morgan fingerprint density at radius 1 is 1.35 bits per heavy atom. The third-order valence-electron chi connectivity index (χ3n) is 2.40. The minimum atomic E-state index is -0.318. The largest absolute Gasteiger partial charge is 0.484 e. The molecule has 0 aliphatic rings. The van der Waals surface area contributed by atoms with Gasteiger partial charge in [0.1, 0.15) is 21.7 Å². The minimum Gasteiger partial charge on any atom is -0.484 e. The van der Waals surface area contributed by atoms with Crippen LogP contribution in [0.5, 0.6) is 5.75 Å². The Hall–Kier alpha value is -1.25. The fourth-order valence-corrected chi connectivity index (χ4v) is 3.19. The van der Waals surface area contributed by atoms with Crippen LogP contribution in [0.3, 0.4) is 0 Å². The molecule has 0 aliphatic heterocycles. The first-order chi connectivity index (χ1) is 9.52. The van der Waals surface area contributed by atoms with Crippen LogP contribution in [-0.4, -0.2) is 12.4 Å². The van der Waals surface area contributed by atoms with E-state index in [1.807, 2.05) is 6.07 Å². The molecule has 7 heteroatoms. The van der Waals surface area contributed by atoms with Crippen molar-refractivity contribution in [1.29, 1.82) is 5.26 Å². The quantitative estimate of drug-likeness (QED) is 0.744. The number of carbonyl (C=O) groups is 1. The molecule has 0 aliphatic carbocycles. The number of ketones is 1. The molecular formula is C13H6Cl3NO2S. The second-order valence-corrected chi connectivity index (χ2v) is 6.37. The molecule has 2 rings (SSSR count). The van der Waals surface area contributed by atoms with Crippen molar-refractivity contribution in [1.82, 2.24) is 0 Å². The molecule has 0 N–H and O–H groups in total. The van der Waals surface area contributed by atoms with Gasteiger partial charge in [-0.15, -0.1) is 11.3 Å². The van der Waals surface area contributed by atoms with Crippen LogP contribution in [-0.2, 0) is 0 Å². The number of hydrogen-bond acceptors (Lipinski definition) is 4. The maximum Gasteiger partial charge on any atom is 0.202 e. The lowest BCUT2D eigenvalue weighted by molar-refractivity contribution is 0.0922. The number of carbonyl (C=O) groups excluding carboxylic acids is 1. The third-order valence-corrected chi connectivity index (χ3v) is 4.21. The summed E-state index contributed by atoms with van der Waals surface area (Å²) >= 11 is 18.6. The van der Waals surface area contributed by atoms with E-state index in [4.69, 9.17) is 44.8 Å². The van der Waals surface area contributed by atoms with Crippen molar-refractivity contribution in [3.8, 4) is 11.8 Å². The molecule has 20 heavy (non-hydrogen) atoms. The van der Waals surface area contributed by atoms with Gasteiger partial charge in [0.25, 0.3) is 0 Å². The lowest BCUT2D eigenvalue weighted by Gasteiger charge is -2.07. The molecule has 0 saturated carbocycles. The van der Waals surface area contributed by atoms with E-state index in [1.165, 1.54) is 6.07 Å². The second kappa shape index (κ2) is 6.47. The highest BCUT2D eigenvalue weighted by molar-refractivity contribution is 7.20. The van der Waals surface area contributed by atoms with Crippen molar-refractivity contribution < 1.29 is 9.53 Å². The fraction of sp³-hybridized carbons (Fsp3) is 0.0769. The van der Waals surface area contributed by atoms with Gasteiger partial charge in [-0.1, -0.05) is 40.9 Å². The van der Waals surface area contributed by atoms with Gasteiger partial charge in [0.2, 0.25) is 5.78 Å². The van der Waals surface area contributed by atoms with E-state index >= 15 is 0 Å². The van der Waals surface area contributed by atoms with Crippen molar-refractivity contribution in [3.05, 3.63) is 49.1 Å². The summed E-state index contributed by atoms with van der Waals surface area (Å²) in [7, 11) is 0. The highest BCUT2D eigenvalue weighted by atomic mass is 35.5. The number of nitriles is 1. The molecule has 1 aromatic carbocycles. The highest BCUT2D eigenvalue weighted by Gasteiger charge is 2.16. The lowest BCUT2D eigenvalue weighted by atomic mass is 10.2. The van der Waals surface area contributed by atoms with E-state index in [0.29, 0.717) is 14.2 Å². The Morgan fingerprint density at radius 2 is 2.10 bits per heavy atom. The number of halogens is 3. The summed E-state index contributed by atoms with van der Waals surface area (Å²) in [5, 5.41) is 9.26. The smallest absolute Gasteiger partial charge is 0.202 e. The predicted molar refractivity (Wildman–Crippen MR) is 80.3 cm³/mol. The zero-order valence-electron chi connectivity index (χ0n) is 9.82. The van der Waals surface area contributed by atoms with Crippen LogP contribution < -0.4 is 4.74 Å². The molecule has 0 radical (unpaired) electrons. The van der Waals surface area contributed by atoms with Crippen molar-refractivity contribution in [2.45, 2.75) is 0 Å². The first-order valence-electron chi connectivity index (χ1n) is 5.32.